The van der Waals surface area contributed by atoms with Crippen molar-refractivity contribution in [1.82, 2.24) is 0 Å². The minimum Gasteiger partial charge on any atom is -0.383 e. The molecule has 0 fully saturated rings. The van der Waals surface area contributed by atoms with Gasteiger partial charge in [0, 0.05) is 11.0 Å². The highest BCUT2D eigenvalue weighted by Crippen LogP contribution is 2.24. The van der Waals surface area contributed by atoms with Gasteiger partial charge in [-0.3, -0.25) is 0 Å². The Morgan fingerprint density at radius 1 is 1.75 bits per heavy atom. The Balaban J connectivity index is 2.79. The Hall–Kier alpha value is -1.11. The fourth-order valence-electron chi connectivity index (χ4n) is 0.909. The van der Waals surface area contributed by atoms with E-state index in [1.54, 1.807) is 0 Å². The van der Waals surface area contributed by atoms with Gasteiger partial charge in [-0.1, -0.05) is 0 Å². The normalized spacial score (nSPS) is 13.1. The first-order valence-electron chi connectivity index (χ1n) is 3.54. The van der Waals surface area contributed by atoms with Gasteiger partial charge >= 0.3 is 0 Å². The largest absolute Gasteiger partial charge is 0.383 e. The van der Waals surface area contributed by atoms with Crippen LogP contribution >= 0.6 is 11.3 Å². The van der Waals surface area contributed by atoms with Crippen LogP contribution in [0.5, 0.6) is 0 Å². The molecular weight excluding hydrogens is 170 g/mol. The Bertz CT molecular complexity index is 322. The molecule has 1 heterocycles. The van der Waals surface area contributed by atoms with Crippen LogP contribution < -0.4 is 0 Å². The third kappa shape index (κ3) is 1.94. The van der Waals surface area contributed by atoms with Crippen molar-refractivity contribution in [3.63, 3.8) is 0 Å². The summed E-state index contributed by atoms with van der Waals surface area (Å²) in [7, 11) is 0. The summed E-state index contributed by atoms with van der Waals surface area (Å²) < 4.78 is 0. The molecule has 0 saturated carbocycles. The van der Waals surface area contributed by atoms with E-state index in [0.29, 0.717) is 0 Å². The minimum absolute atomic E-state index is 0.635. The number of hydrogen-bond acceptors (Lipinski definition) is 3. The molecule has 12 heavy (non-hydrogen) atoms. The lowest BCUT2D eigenvalue weighted by atomic mass is 10.2. The SMILES string of the molecule is Cc1ccsc1C(O)/C=C/C#N. The highest BCUT2D eigenvalue weighted by Gasteiger charge is 2.07. The predicted molar refractivity (Wildman–Crippen MR) is 48.8 cm³/mol. The third-order valence-electron chi connectivity index (χ3n) is 1.52. The molecule has 0 aliphatic heterocycles. The van der Waals surface area contributed by atoms with Crippen molar-refractivity contribution >= 4 is 11.3 Å². The third-order valence-corrected chi connectivity index (χ3v) is 2.61. The number of nitrogens with zero attached hydrogens (tertiary/aromatic N) is 1. The van der Waals surface area contributed by atoms with Crippen molar-refractivity contribution in [3.8, 4) is 6.07 Å². The molecule has 0 bridgehead atoms. The summed E-state index contributed by atoms with van der Waals surface area (Å²) in [5.41, 5.74) is 1.06. The smallest absolute Gasteiger partial charge is 0.108 e. The van der Waals surface area contributed by atoms with Gasteiger partial charge in [-0.2, -0.15) is 5.26 Å². The zero-order valence-corrected chi connectivity index (χ0v) is 7.51. The van der Waals surface area contributed by atoms with E-state index in [0.717, 1.165) is 10.4 Å². The number of allylic oxidation sites excluding steroid dienone is 1. The molecule has 1 aromatic rings. The first kappa shape index (κ1) is 8.98. The van der Waals surface area contributed by atoms with Gasteiger partial charge in [0.1, 0.15) is 6.10 Å². The predicted octanol–water partition coefficient (Wildman–Crippen LogP) is 2.17. The number of thiophene rings is 1. The summed E-state index contributed by atoms with van der Waals surface area (Å²) in [6, 6.07) is 3.79. The van der Waals surface area contributed by atoms with Gasteiger partial charge in [0.25, 0.3) is 0 Å². The number of aliphatic hydroxyl groups is 1. The van der Waals surface area contributed by atoms with Crippen molar-refractivity contribution in [3.05, 3.63) is 34.0 Å². The van der Waals surface area contributed by atoms with Crippen LogP contribution in [0.2, 0.25) is 0 Å². The van der Waals surface area contributed by atoms with E-state index in [2.05, 4.69) is 0 Å². The summed E-state index contributed by atoms with van der Waals surface area (Å²) in [5.74, 6) is 0. The van der Waals surface area contributed by atoms with Crippen molar-refractivity contribution < 1.29 is 5.11 Å². The maximum Gasteiger partial charge on any atom is 0.108 e. The van der Waals surface area contributed by atoms with Crippen molar-refractivity contribution in [2.45, 2.75) is 13.0 Å². The lowest BCUT2D eigenvalue weighted by Crippen LogP contribution is -1.90. The van der Waals surface area contributed by atoms with E-state index in [4.69, 9.17) is 5.26 Å². The summed E-state index contributed by atoms with van der Waals surface area (Å²) >= 11 is 1.50. The lowest BCUT2D eigenvalue weighted by molar-refractivity contribution is 0.232. The molecule has 1 N–H and O–H groups in total. The number of nitriles is 1. The zero-order valence-electron chi connectivity index (χ0n) is 6.69. The molecule has 0 aliphatic carbocycles. The molecule has 0 saturated heterocycles. The standard InChI is InChI=1S/C9H9NOS/c1-7-4-6-12-9(7)8(11)3-2-5-10/h2-4,6,8,11H,1H3/b3-2+. The Labute approximate surface area is 75.4 Å². The molecule has 0 amide bonds. The van der Waals surface area contributed by atoms with Crippen molar-refractivity contribution in [1.29, 1.82) is 5.26 Å². The topological polar surface area (TPSA) is 44.0 Å². The zero-order chi connectivity index (χ0) is 8.97. The van der Waals surface area contributed by atoms with E-state index >= 15 is 0 Å². The first-order chi connectivity index (χ1) is 5.75. The maximum atomic E-state index is 9.49. The number of aliphatic hydroxyl groups excluding tert-OH is 1. The average Bonchev–Trinajstić information content (AvgIpc) is 2.47. The van der Waals surface area contributed by atoms with Gasteiger partial charge in [0.2, 0.25) is 0 Å². The molecule has 1 unspecified atom stereocenters. The average molecular weight is 179 g/mol. The van der Waals surface area contributed by atoms with Gasteiger partial charge in [-0.25, -0.2) is 0 Å². The van der Waals surface area contributed by atoms with E-state index in [1.807, 2.05) is 24.4 Å². The second-order valence-electron chi connectivity index (χ2n) is 2.40. The van der Waals surface area contributed by atoms with E-state index < -0.39 is 6.10 Å². The van der Waals surface area contributed by atoms with Gasteiger partial charge in [0.05, 0.1) is 6.07 Å². The van der Waals surface area contributed by atoms with E-state index in [1.165, 1.54) is 23.5 Å². The lowest BCUT2D eigenvalue weighted by Gasteiger charge is -2.02. The van der Waals surface area contributed by atoms with Crippen LogP contribution in [0.1, 0.15) is 16.5 Å². The molecule has 0 aromatic carbocycles. The quantitative estimate of drug-likeness (QED) is 0.707. The Morgan fingerprint density at radius 3 is 3.00 bits per heavy atom. The Morgan fingerprint density at radius 2 is 2.50 bits per heavy atom. The monoisotopic (exact) mass is 179 g/mol. The number of aryl methyl sites for hydroxylation is 1. The molecule has 3 heteroatoms. The second kappa shape index (κ2) is 4.05. The van der Waals surface area contributed by atoms with Crippen LogP contribution in [0.15, 0.2) is 23.6 Å². The molecular formula is C9H9NOS. The Kier molecular flexibility index (Phi) is 3.03. The van der Waals surface area contributed by atoms with Gasteiger partial charge in [-0.05, 0) is 30.0 Å². The van der Waals surface area contributed by atoms with E-state index in [9.17, 15) is 5.11 Å². The highest BCUT2D eigenvalue weighted by molar-refractivity contribution is 7.10. The van der Waals surface area contributed by atoms with Gasteiger partial charge < -0.3 is 5.11 Å². The molecule has 2 nitrogen and oxygen atoms in total. The minimum atomic E-state index is -0.635. The fourth-order valence-corrected chi connectivity index (χ4v) is 1.80. The number of rotatable bonds is 2. The van der Waals surface area contributed by atoms with Crippen LogP contribution in [-0.2, 0) is 0 Å². The van der Waals surface area contributed by atoms with Crippen LogP contribution in [-0.4, -0.2) is 5.11 Å². The van der Waals surface area contributed by atoms with Crippen LogP contribution in [0.4, 0.5) is 0 Å². The molecule has 1 aromatic heterocycles. The van der Waals surface area contributed by atoms with Gasteiger partial charge in [0.15, 0.2) is 0 Å². The number of hydrogen-bond donors (Lipinski definition) is 1. The molecule has 1 rings (SSSR count). The summed E-state index contributed by atoms with van der Waals surface area (Å²) in [5, 5.41) is 19.7. The summed E-state index contributed by atoms with van der Waals surface area (Å²) in [4.78, 5) is 0.904. The van der Waals surface area contributed by atoms with Crippen molar-refractivity contribution in [2.75, 3.05) is 0 Å². The van der Waals surface area contributed by atoms with Crippen molar-refractivity contribution in [2.24, 2.45) is 0 Å². The van der Waals surface area contributed by atoms with Crippen LogP contribution in [0.25, 0.3) is 0 Å². The fraction of sp³-hybridized carbons (Fsp3) is 0.222. The molecule has 0 radical (unpaired) electrons. The molecule has 0 spiro atoms. The van der Waals surface area contributed by atoms with Crippen LogP contribution in [0, 0.1) is 18.3 Å². The van der Waals surface area contributed by atoms with E-state index in [-0.39, 0.29) is 0 Å². The first-order valence-corrected chi connectivity index (χ1v) is 4.42. The van der Waals surface area contributed by atoms with Crippen LogP contribution in [0.3, 0.4) is 0 Å². The van der Waals surface area contributed by atoms with Gasteiger partial charge in [-0.15, -0.1) is 11.3 Å². The molecule has 1 atom stereocenters. The molecule has 0 aliphatic rings. The summed E-state index contributed by atoms with van der Waals surface area (Å²) in [6.45, 7) is 1.94. The highest BCUT2D eigenvalue weighted by atomic mass is 32.1. The summed E-state index contributed by atoms with van der Waals surface area (Å²) in [6.07, 6.45) is 2.15. The molecule has 62 valence electrons. The maximum absolute atomic E-state index is 9.49. The second-order valence-corrected chi connectivity index (χ2v) is 3.35.